The summed E-state index contributed by atoms with van der Waals surface area (Å²) in [5.74, 6) is 0.624. The molecule has 1 aromatic carbocycles. The Balaban J connectivity index is 2.20. The molecule has 5 nitrogen and oxygen atoms in total. The zero-order valence-electron chi connectivity index (χ0n) is 10.8. The molecule has 0 bridgehead atoms. The number of aryl methyl sites for hydroxylation is 1. The predicted octanol–water partition coefficient (Wildman–Crippen LogP) is 1.93. The van der Waals surface area contributed by atoms with Crippen LogP contribution in [0.5, 0.6) is 0 Å². The summed E-state index contributed by atoms with van der Waals surface area (Å²) in [6, 6.07) is 5.03. The molecule has 2 N–H and O–H groups in total. The highest BCUT2D eigenvalue weighted by Gasteiger charge is 2.17. The maximum atomic E-state index is 12.3. The number of carbonyl (C=O) groups excluding carboxylic acids is 1. The third kappa shape index (κ3) is 2.71. The molecule has 2 aromatic rings. The van der Waals surface area contributed by atoms with Crippen LogP contribution in [0, 0.1) is 0 Å². The highest BCUT2D eigenvalue weighted by molar-refractivity contribution is 6.33. The number of anilines is 1. The Kier molecular flexibility index (Phi) is 3.76. The van der Waals surface area contributed by atoms with Gasteiger partial charge in [0.2, 0.25) is 0 Å². The Labute approximate surface area is 116 Å². The number of halogens is 1. The summed E-state index contributed by atoms with van der Waals surface area (Å²) in [5, 5.41) is 0.385. The standard InChI is InChI=1S/C13H15ClN4O/c1-17-7-6-16-11(17)8-18(2)13(19)9-4-3-5-10(14)12(9)15/h3-7H,8,15H2,1-2H3. The van der Waals surface area contributed by atoms with Crippen molar-refractivity contribution in [3.63, 3.8) is 0 Å². The largest absolute Gasteiger partial charge is 0.397 e. The fourth-order valence-corrected chi connectivity index (χ4v) is 1.94. The molecule has 0 unspecified atom stereocenters. The fourth-order valence-electron chi connectivity index (χ4n) is 1.76. The van der Waals surface area contributed by atoms with Crippen LogP contribution in [-0.2, 0) is 13.6 Å². The number of rotatable bonds is 3. The molecule has 0 radical (unpaired) electrons. The summed E-state index contributed by atoms with van der Waals surface area (Å²) in [7, 11) is 3.59. The molecular weight excluding hydrogens is 264 g/mol. The second-order valence-corrected chi connectivity index (χ2v) is 4.72. The topological polar surface area (TPSA) is 64.2 Å². The molecule has 1 amide bonds. The third-order valence-electron chi connectivity index (χ3n) is 2.93. The van der Waals surface area contributed by atoms with Crippen molar-refractivity contribution >= 4 is 23.2 Å². The van der Waals surface area contributed by atoms with Gasteiger partial charge >= 0.3 is 0 Å². The van der Waals surface area contributed by atoms with E-state index in [0.29, 0.717) is 22.8 Å². The zero-order valence-corrected chi connectivity index (χ0v) is 11.6. The van der Waals surface area contributed by atoms with Crippen molar-refractivity contribution in [1.82, 2.24) is 14.5 Å². The van der Waals surface area contributed by atoms with Gasteiger partial charge < -0.3 is 15.2 Å². The predicted molar refractivity (Wildman–Crippen MR) is 74.9 cm³/mol. The van der Waals surface area contributed by atoms with E-state index in [1.165, 1.54) is 0 Å². The number of benzene rings is 1. The summed E-state index contributed by atoms with van der Waals surface area (Å²) in [6.07, 6.45) is 3.53. The molecule has 100 valence electrons. The monoisotopic (exact) mass is 278 g/mol. The van der Waals surface area contributed by atoms with Crippen LogP contribution in [0.4, 0.5) is 5.69 Å². The average molecular weight is 279 g/mol. The van der Waals surface area contributed by atoms with Gasteiger partial charge in [-0.2, -0.15) is 0 Å². The van der Waals surface area contributed by atoms with Crippen LogP contribution in [0.15, 0.2) is 30.6 Å². The van der Waals surface area contributed by atoms with Crippen molar-refractivity contribution < 1.29 is 4.79 Å². The number of nitrogens with two attached hydrogens (primary N) is 1. The molecule has 0 aliphatic rings. The highest BCUT2D eigenvalue weighted by Crippen LogP contribution is 2.23. The first kappa shape index (κ1) is 13.4. The second kappa shape index (κ2) is 5.32. The number of imidazole rings is 1. The van der Waals surface area contributed by atoms with E-state index < -0.39 is 0 Å². The van der Waals surface area contributed by atoms with E-state index in [1.807, 2.05) is 17.8 Å². The van der Waals surface area contributed by atoms with Gasteiger partial charge in [0.1, 0.15) is 5.82 Å². The van der Waals surface area contributed by atoms with Crippen molar-refractivity contribution in [2.24, 2.45) is 7.05 Å². The first-order valence-electron chi connectivity index (χ1n) is 5.76. The van der Waals surface area contributed by atoms with Gasteiger partial charge in [-0.15, -0.1) is 0 Å². The Morgan fingerprint density at radius 3 is 2.89 bits per heavy atom. The lowest BCUT2D eigenvalue weighted by Gasteiger charge is -2.18. The Morgan fingerprint density at radius 2 is 2.26 bits per heavy atom. The van der Waals surface area contributed by atoms with E-state index in [0.717, 1.165) is 5.82 Å². The smallest absolute Gasteiger partial charge is 0.256 e. The summed E-state index contributed by atoms with van der Waals surface area (Å²) in [6.45, 7) is 0.411. The van der Waals surface area contributed by atoms with E-state index in [9.17, 15) is 4.79 Å². The number of carbonyl (C=O) groups is 1. The van der Waals surface area contributed by atoms with Crippen molar-refractivity contribution in [1.29, 1.82) is 0 Å². The minimum absolute atomic E-state index is 0.178. The van der Waals surface area contributed by atoms with Crippen LogP contribution < -0.4 is 5.73 Å². The van der Waals surface area contributed by atoms with Crippen molar-refractivity contribution in [3.8, 4) is 0 Å². The van der Waals surface area contributed by atoms with E-state index in [2.05, 4.69) is 4.98 Å². The number of hydrogen-bond acceptors (Lipinski definition) is 3. The number of nitrogen functional groups attached to an aromatic ring is 1. The van der Waals surface area contributed by atoms with E-state index in [4.69, 9.17) is 17.3 Å². The molecule has 1 heterocycles. The minimum Gasteiger partial charge on any atom is -0.397 e. The van der Waals surface area contributed by atoms with Crippen LogP contribution in [-0.4, -0.2) is 27.4 Å². The maximum Gasteiger partial charge on any atom is 0.256 e. The fraction of sp³-hybridized carbons (Fsp3) is 0.231. The summed E-state index contributed by atoms with van der Waals surface area (Å²) >= 11 is 5.92. The molecule has 19 heavy (non-hydrogen) atoms. The van der Waals surface area contributed by atoms with Crippen molar-refractivity contribution in [3.05, 3.63) is 47.0 Å². The SMILES string of the molecule is CN(Cc1nccn1C)C(=O)c1cccc(Cl)c1N. The minimum atomic E-state index is -0.178. The van der Waals surface area contributed by atoms with Crippen LogP contribution >= 0.6 is 11.6 Å². The van der Waals surface area contributed by atoms with Crippen LogP contribution in [0.1, 0.15) is 16.2 Å². The van der Waals surface area contributed by atoms with Gasteiger partial charge in [-0.3, -0.25) is 4.79 Å². The Hall–Kier alpha value is -2.01. The van der Waals surface area contributed by atoms with Crippen LogP contribution in [0.2, 0.25) is 5.02 Å². The van der Waals surface area contributed by atoms with E-state index in [1.54, 1.807) is 36.3 Å². The lowest BCUT2D eigenvalue weighted by atomic mass is 10.1. The normalized spacial score (nSPS) is 10.5. The molecule has 0 aliphatic carbocycles. The lowest BCUT2D eigenvalue weighted by molar-refractivity contribution is 0.0781. The molecule has 0 saturated heterocycles. The van der Waals surface area contributed by atoms with Gasteiger partial charge in [-0.1, -0.05) is 17.7 Å². The third-order valence-corrected chi connectivity index (χ3v) is 3.26. The molecule has 2 rings (SSSR count). The number of hydrogen-bond donors (Lipinski definition) is 1. The Bertz CT molecular complexity index is 608. The number of nitrogens with zero attached hydrogens (tertiary/aromatic N) is 3. The summed E-state index contributed by atoms with van der Waals surface area (Å²) in [4.78, 5) is 18.0. The molecule has 0 fully saturated rings. The average Bonchev–Trinajstić information content (AvgIpc) is 2.77. The Morgan fingerprint density at radius 1 is 1.53 bits per heavy atom. The molecular formula is C13H15ClN4O. The maximum absolute atomic E-state index is 12.3. The molecule has 0 saturated carbocycles. The van der Waals surface area contributed by atoms with E-state index in [-0.39, 0.29) is 5.91 Å². The number of para-hydroxylation sites is 1. The van der Waals surface area contributed by atoms with Gasteiger partial charge in [0, 0.05) is 26.5 Å². The van der Waals surface area contributed by atoms with Gasteiger partial charge in [0.25, 0.3) is 5.91 Å². The first-order valence-corrected chi connectivity index (χ1v) is 6.14. The quantitative estimate of drug-likeness (QED) is 0.873. The highest BCUT2D eigenvalue weighted by atomic mass is 35.5. The molecule has 6 heteroatoms. The molecule has 1 aromatic heterocycles. The van der Waals surface area contributed by atoms with Gasteiger partial charge in [0.15, 0.2) is 0 Å². The van der Waals surface area contributed by atoms with Gasteiger partial charge in [-0.05, 0) is 12.1 Å². The van der Waals surface area contributed by atoms with Gasteiger partial charge in [0.05, 0.1) is 22.8 Å². The van der Waals surface area contributed by atoms with Crippen LogP contribution in [0.3, 0.4) is 0 Å². The first-order chi connectivity index (χ1) is 9.00. The summed E-state index contributed by atoms with van der Waals surface area (Å²) < 4.78 is 1.87. The van der Waals surface area contributed by atoms with E-state index >= 15 is 0 Å². The zero-order chi connectivity index (χ0) is 14.0. The molecule has 0 atom stereocenters. The number of amides is 1. The molecule has 0 aliphatic heterocycles. The van der Waals surface area contributed by atoms with Crippen LogP contribution in [0.25, 0.3) is 0 Å². The lowest BCUT2D eigenvalue weighted by Crippen LogP contribution is -2.28. The molecule has 0 spiro atoms. The van der Waals surface area contributed by atoms with Crippen molar-refractivity contribution in [2.45, 2.75) is 6.54 Å². The van der Waals surface area contributed by atoms with Crippen molar-refractivity contribution in [2.75, 3.05) is 12.8 Å². The number of aromatic nitrogens is 2. The summed E-state index contributed by atoms with van der Waals surface area (Å²) in [5.41, 5.74) is 6.54. The second-order valence-electron chi connectivity index (χ2n) is 4.32. The van der Waals surface area contributed by atoms with Gasteiger partial charge in [-0.25, -0.2) is 4.98 Å².